The molecule has 0 spiro atoms. The van der Waals surface area contributed by atoms with Gasteiger partial charge >= 0.3 is 5.97 Å². The Morgan fingerprint density at radius 2 is 1.94 bits per heavy atom. The van der Waals surface area contributed by atoms with E-state index >= 15 is 0 Å². The van der Waals surface area contributed by atoms with Crippen LogP contribution in [-0.4, -0.2) is 5.97 Å². The standard InChI is InChI=1S/C9H10.C5H8O2/c1-8(2)9-6-4-3-5-7-9;1-3-5(6)7-4-2/h3-7H,1H2,2H3;4H,2-3H2,1H3. The molecular weight excluding hydrogens is 200 g/mol. The summed E-state index contributed by atoms with van der Waals surface area (Å²) in [5.41, 5.74) is 2.34. The van der Waals surface area contributed by atoms with E-state index in [1.54, 1.807) is 6.92 Å². The first-order valence-corrected chi connectivity index (χ1v) is 5.13. The van der Waals surface area contributed by atoms with Gasteiger partial charge in [-0.05, 0) is 12.5 Å². The van der Waals surface area contributed by atoms with E-state index in [9.17, 15) is 4.79 Å². The van der Waals surface area contributed by atoms with Gasteiger partial charge in [0.1, 0.15) is 0 Å². The molecule has 0 aromatic heterocycles. The van der Waals surface area contributed by atoms with Crippen LogP contribution in [0.4, 0.5) is 0 Å². The third-order valence-corrected chi connectivity index (χ3v) is 1.77. The monoisotopic (exact) mass is 218 g/mol. The number of carbonyl (C=O) groups is 1. The predicted molar refractivity (Wildman–Crippen MR) is 67.7 cm³/mol. The van der Waals surface area contributed by atoms with Gasteiger partial charge in [-0.15, -0.1) is 0 Å². The molecule has 0 aliphatic carbocycles. The second kappa shape index (κ2) is 8.48. The van der Waals surface area contributed by atoms with Crippen LogP contribution in [0.1, 0.15) is 25.8 Å². The molecule has 0 unspecified atom stereocenters. The van der Waals surface area contributed by atoms with E-state index in [1.165, 1.54) is 5.56 Å². The van der Waals surface area contributed by atoms with E-state index in [2.05, 4.69) is 30.0 Å². The van der Waals surface area contributed by atoms with Crippen LogP contribution in [0.2, 0.25) is 0 Å². The minimum Gasteiger partial charge on any atom is -0.435 e. The van der Waals surface area contributed by atoms with Gasteiger partial charge in [0.25, 0.3) is 0 Å². The first-order chi connectivity index (χ1) is 7.61. The highest BCUT2D eigenvalue weighted by atomic mass is 16.5. The van der Waals surface area contributed by atoms with Crippen molar-refractivity contribution >= 4 is 11.5 Å². The molecule has 1 rings (SSSR count). The van der Waals surface area contributed by atoms with Crippen LogP contribution >= 0.6 is 0 Å². The summed E-state index contributed by atoms with van der Waals surface area (Å²) in [6.45, 7) is 10.8. The van der Waals surface area contributed by atoms with Crippen LogP contribution in [0.3, 0.4) is 0 Å². The van der Waals surface area contributed by atoms with Crippen molar-refractivity contribution in [3.63, 3.8) is 0 Å². The van der Waals surface area contributed by atoms with Gasteiger partial charge in [0.15, 0.2) is 0 Å². The Balaban J connectivity index is 0.000000293. The van der Waals surface area contributed by atoms with Crippen molar-refractivity contribution in [1.29, 1.82) is 0 Å². The summed E-state index contributed by atoms with van der Waals surface area (Å²) in [4.78, 5) is 10.1. The molecule has 0 saturated heterocycles. The molecule has 0 amide bonds. The summed E-state index contributed by atoms with van der Waals surface area (Å²) < 4.78 is 4.32. The number of esters is 1. The highest BCUT2D eigenvalue weighted by Gasteiger charge is 1.89. The fourth-order valence-corrected chi connectivity index (χ4v) is 0.899. The van der Waals surface area contributed by atoms with Crippen molar-refractivity contribution in [2.45, 2.75) is 20.3 Å². The summed E-state index contributed by atoms with van der Waals surface area (Å²) in [5, 5.41) is 0. The van der Waals surface area contributed by atoms with Crippen molar-refractivity contribution < 1.29 is 9.53 Å². The molecule has 2 nitrogen and oxygen atoms in total. The van der Waals surface area contributed by atoms with Crippen LogP contribution in [0.5, 0.6) is 0 Å². The Morgan fingerprint density at radius 3 is 2.19 bits per heavy atom. The van der Waals surface area contributed by atoms with Gasteiger partial charge in [0.05, 0.1) is 6.26 Å². The van der Waals surface area contributed by atoms with Gasteiger partial charge in [-0.3, -0.25) is 4.79 Å². The normalized spacial score (nSPS) is 8.38. The van der Waals surface area contributed by atoms with Gasteiger partial charge < -0.3 is 4.74 Å². The number of hydrogen-bond donors (Lipinski definition) is 0. The number of hydrogen-bond acceptors (Lipinski definition) is 2. The Bertz CT molecular complexity index is 339. The van der Waals surface area contributed by atoms with Crippen LogP contribution in [0.25, 0.3) is 5.57 Å². The van der Waals surface area contributed by atoms with E-state index in [4.69, 9.17) is 0 Å². The van der Waals surface area contributed by atoms with Gasteiger partial charge in [-0.2, -0.15) is 0 Å². The lowest BCUT2D eigenvalue weighted by Gasteiger charge is -1.94. The molecule has 2 heteroatoms. The highest BCUT2D eigenvalue weighted by Crippen LogP contribution is 2.08. The van der Waals surface area contributed by atoms with Crippen LogP contribution < -0.4 is 0 Å². The minimum atomic E-state index is -0.241. The number of allylic oxidation sites excluding steroid dienone is 1. The molecule has 0 fully saturated rings. The zero-order valence-corrected chi connectivity index (χ0v) is 9.90. The number of benzene rings is 1. The summed E-state index contributed by atoms with van der Waals surface area (Å²) in [6.07, 6.45) is 1.54. The van der Waals surface area contributed by atoms with E-state index in [0.29, 0.717) is 6.42 Å². The first-order valence-electron chi connectivity index (χ1n) is 5.13. The lowest BCUT2D eigenvalue weighted by molar-refractivity contribution is -0.137. The molecular formula is C14H18O2. The molecule has 0 aliphatic heterocycles. The summed E-state index contributed by atoms with van der Waals surface area (Å²) in [5.74, 6) is -0.241. The van der Waals surface area contributed by atoms with Gasteiger partial charge in [-0.25, -0.2) is 0 Å². The smallest absolute Gasteiger partial charge is 0.310 e. The molecule has 0 radical (unpaired) electrons. The zero-order valence-electron chi connectivity index (χ0n) is 9.90. The van der Waals surface area contributed by atoms with Crippen LogP contribution in [0.15, 0.2) is 49.8 Å². The Morgan fingerprint density at radius 1 is 1.38 bits per heavy atom. The third-order valence-electron chi connectivity index (χ3n) is 1.77. The molecule has 0 atom stereocenters. The number of ether oxygens (including phenoxy) is 1. The van der Waals surface area contributed by atoms with Crippen LogP contribution in [-0.2, 0) is 9.53 Å². The summed E-state index contributed by atoms with van der Waals surface area (Å²) in [7, 11) is 0. The average molecular weight is 218 g/mol. The van der Waals surface area contributed by atoms with Crippen molar-refractivity contribution in [2.75, 3.05) is 0 Å². The lowest BCUT2D eigenvalue weighted by Crippen LogP contribution is -1.94. The molecule has 1 aromatic rings. The van der Waals surface area contributed by atoms with E-state index in [1.807, 2.05) is 25.1 Å². The van der Waals surface area contributed by atoms with Gasteiger partial charge in [-0.1, -0.05) is 56.0 Å². The molecule has 0 heterocycles. The SMILES string of the molecule is C=C(C)c1ccccc1.C=COC(=O)CC. The second-order valence-electron chi connectivity index (χ2n) is 3.16. The van der Waals surface area contributed by atoms with Crippen molar-refractivity contribution in [1.82, 2.24) is 0 Å². The first kappa shape index (κ1) is 14.2. The summed E-state index contributed by atoms with van der Waals surface area (Å²) >= 11 is 0. The highest BCUT2D eigenvalue weighted by molar-refractivity contribution is 5.69. The topological polar surface area (TPSA) is 26.3 Å². The number of rotatable bonds is 3. The Labute approximate surface area is 97.3 Å². The van der Waals surface area contributed by atoms with Crippen molar-refractivity contribution in [3.05, 3.63) is 55.3 Å². The maximum absolute atomic E-state index is 10.1. The number of carbonyl (C=O) groups excluding carboxylic acids is 1. The van der Waals surface area contributed by atoms with E-state index in [-0.39, 0.29) is 5.97 Å². The summed E-state index contributed by atoms with van der Waals surface area (Å²) in [6, 6.07) is 10.2. The Kier molecular flexibility index (Phi) is 7.51. The fraction of sp³-hybridized carbons (Fsp3) is 0.214. The molecule has 0 saturated carbocycles. The molecule has 0 N–H and O–H groups in total. The molecule has 0 bridgehead atoms. The minimum absolute atomic E-state index is 0.241. The third kappa shape index (κ3) is 6.60. The average Bonchev–Trinajstić information content (AvgIpc) is 2.31. The molecule has 86 valence electrons. The largest absolute Gasteiger partial charge is 0.435 e. The fourth-order valence-electron chi connectivity index (χ4n) is 0.899. The van der Waals surface area contributed by atoms with Crippen molar-refractivity contribution in [2.24, 2.45) is 0 Å². The lowest BCUT2D eigenvalue weighted by atomic mass is 10.1. The van der Waals surface area contributed by atoms with E-state index < -0.39 is 0 Å². The maximum Gasteiger partial charge on any atom is 0.310 e. The van der Waals surface area contributed by atoms with Gasteiger partial charge in [0, 0.05) is 6.42 Å². The maximum atomic E-state index is 10.1. The van der Waals surface area contributed by atoms with Gasteiger partial charge in [0.2, 0.25) is 0 Å². The molecule has 0 aliphatic rings. The van der Waals surface area contributed by atoms with E-state index in [0.717, 1.165) is 11.8 Å². The zero-order chi connectivity index (χ0) is 12.4. The predicted octanol–water partition coefficient (Wildman–Crippen LogP) is 3.80. The quantitative estimate of drug-likeness (QED) is 0.569. The van der Waals surface area contributed by atoms with Crippen molar-refractivity contribution in [3.8, 4) is 0 Å². The second-order valence-corrected chi connectivity index (χ2v) is 3.16. The molecule has 16 heavy (non-hydrogen) atoms. The Hall–Kier alpha value is -1.83. The molecule has 1 aromatic carbocycles. The van der Waals surface area contributed by atoms with Crippen LogP contribution in [0, 0.1) is 0 Å².